The van der Waals surface area contributed by atoms with Crippen LogP contribution in [0, 0.1) is 5.92 Å². The summed E-state index contributed by atoms with van der Waals surface area (Å²) in [6.07, 6.45) is 11.3. The molecule has 3 heteroatoms. The van der Waals surface area contributed by atoms with Crippen molar-refractivity contribution in [3.05, 3.63) is 12.7 Å². The number of hydrogen-bond acceptors (Lipinski definition) is 2. The van der Waals surface area contributed by atoms with Gasteiger partial charge in [0.25, 0.3) is 0 Å². The van der Waals surface area contributed by atoms with Crippen LogP contribution in [0.1, 0.15) is 51.4 Å². The molecule has 0 aromatic rings. The highest BCUT2D eigenvalue weighted by Gasteiger charge is 2.36. The third-order valence-corrected chi connectivity index (χ3v) is 4.51. The number of rotatable bonds is 4. The highest BCUT2D eigenvalue weighted by Crippen LogP contribution is 2.34. The van der Waals surface area contributed by atoms with E-state index >= 15 is 0 Å². The van der Waals surface area contributed by atoms with Crippen LogP contribution in [0.25, 0.3) is 0 Å². The molecule has 1 amide bonds. The molecular weight excluding hydrogens is 224 g/mol. The average Bonchev–Trinajstić information content (AvgIpc) is 2.88. The van der Waals surface area contributed by atoms with Crippen molar-refractivity contribution < 1.29 is 4.79 Å². The van der Waals surface area contributed by atoms with Crippen molar-refractivity contribution in [1.29, 1.82) is 0 Å². The van der Waals surface area contributed by atoms with Gasteiger partial charge >= 0.3 is 0 Å². The van der Waals surface area contributed by atoms with Crippen LogP contribution in [-0.4, -0.2) is 29.4 Å². The summed E-state index contributed by atoms with van der Waals surface area (Å²) in [7, 11) is 0. The van der Waals surface area contributed by atoms with Crippen LogP contribution in [0.15, 0.2) is 12.7 Å². The normalized spacial score (nSPS) is 27.2. The number of carbonyl (C=O) groups is 1. The maximum atomic E-state index is 12.3. The average molecular weight is 250 g/mol. The Bertz CT molecular complexity index is 297. The minimum atomic E-state index is -0.383. The van der Waals surface area contributed by atoms with Crippen molar-refractivity contribution in [2.24, 2.45) is 11.7 Å². The molecular formula is C15H26N2O. The van der Waals surface area contributed by atoms with Crippen molar-refractivity contribution in [3.8, 4) is 0 Å². The first kappa shape index (κ1) is 13.6. The van der Waals surface area contributed by atoms with E-state index in [9.17, 15) is 4.79 Å². The van der Waals surface area contributed by atoms with Gasteiger partial charge in [0.2, 0.25) is 5.91 Å². The lowest BCUT2D eigenvalue weighted by Crippen LogP contribution is -2.48. The number of likely N-dealkylation sites (tertiary alicyclic amines) is 1. The lowest BCUT2D eigenvalue weighted by atomic mass is 9.83. The van der Waals surface area contributed by atoms with Gasteiger partial charge in [0.1, 0.15) is 0 Å². The Kier molecular flexibility index (Phi) is 4.81. The smallest absolute Gasteiger partial charge is 0.240 e. The number of amides is 1. The van der Waals surface area contributed by atoms with Crippen LogP contribution >= 0.6 is 0 Å². The number of nitrogens with zero attached hydrogens (tertiary/aromatic N) is 1. The van der Waals surface area contributed by atoms with Crippen LogP contribution in [0.3, 0.4) is 0 Å². The third-order valence-electron chi connectivity index (χ3n) is 4.51. The van der Waals surface area contributed by atoms with E-state index in [0.29, 0.717) is 12.5 Å². The zero-order valence-electron chi connectivity index (χ0n) is 11.3. The highest BCUT2D eigenvalue weighted by atomic mass is 16.2. The summed E-state index contributed by atoms with van der Waals surface area (Å²) < 4.78 is 0. The van der Waals surface area contributed by atoms with Gasteiger partial charge in [-0.15, -0.1) is 6.58 Å². The van der Waals surface area contributed by atoms with Gasteiger partial charge in [0, 0.05) is 12.6 Å². The fourth-order valence-corrected chi connectivity index (χ4v) is 3.57. The first-order valence-corrected chi connectivity index (χ1v) is 7.41. The summed E-state index contributed by atoms with van der Waals surface area (Å²) in [6.45, 7) is 4.58. The molecule has 1 saturated heterocycles. The van der Waals surface area contributed by atoms with Crippen molar-refractivity contribution in [1.82, 2.24) is 4.90 Å². The molecule has 0 aromatic carbocycles. The van der Waals surface area contributed by atoms with E-state index in [-0.39, 0.29) is 11.9 Å². The molecule has 2 N–H and O–H groups in total. The van der Waals surface area contributed by atoms with E-state index in [1.807, 2.05) is 0 Å². The number of carbonyl (C=O) groups excluding carboxylic acids is 1. The predicted octanol–water partition coefficient (Wildman–Crippen LogP) is 2.46. The summed E-state index contributed by atoms with van der Waals surface area (Å²) in [5.74, 6) is 0.865. The summed E-state index contributed by atoms with van der Waals surface area (Å²) >= 11 is 0. The van der Waals surface area contributed by atoms with E-state index in [1.165, 1.54) is 38.5 Å². The molecule has 2 fully saturated rings. The van der Waals surface area contributed by atoms with Crippen molar-refractivity contribution in [2.75, 3.05) is 6.54 Å². The third kappa shape index (κ3) is 2.94. The molecule has 0 spiro atoms. The first-order chi connectivity index (χ1) is 8.74. The van der Waals surface area contributed by atoms with Crippen LogP contribution in [0.4, 0.5) is 0 Å². The maximum Gasteiger partial charge on any atom is 0.240 e. The largest absolute Gasteiger partial charge is 0.338 e. The molecule has 1 saturated carbocycles. The molecule has 0 bridgehead atoms. The van der Waals surface area contributed by atoms with E-state index in [4.69, 9.17) is 5.73 Å². The fourth-order valence-electron chi connectivity index (χ4n) is 3.57. The van der Waals surface area contributed by atoms with Crippen LogP contribution in [0.2, 0.25) is 0 Å². The van der Waals surface area contributed by atoms with Crippen molar-refractivity contribution in [2.45, 2.75) is 63.5 Å². The van der Waals surface area contributed by atoms with Gasteiger partial charge in [-0.2, -0.15) is 0 Å². The Hall–Kier alpha value is -0.830. The number of nitrogens with two attached hydrogens (primary N) is 1. The molecule has 3 nitrogen and oxygen atoms in total. The molecule has 2 rings (SSSR count). The Morgan fingerprint density at radius 3 is 2.67 bits per heavy atom. The Morgan fingerprint density at radius 2 is 2.00 bits per heavy atom. The molecule has 1 heterocycles. The van der Waals surface area contributed by atoms with Gasteiger partial charge in [-0.05, 0) is 38.0 Å². The van der Waals surface area contributed by atoms with Gasteiger partial charge in [0.05, 0.1) is 6.04 Å². The lowest BCUT2D eigenvalue weighted by Gasteiger charge is -2.35. The fraction of sp³-hybridized carbons (Fsp3) is 0.800. The Morgan fingerprint density at radius 1 is 1.28 bits per heavy atom. The molecule has 2 aliphatic rings. The monoisotopic (exact) mass is 250 g/mol. The molecule has 0 aromatic heterocycles. The second kappa shape index (κ2) is 6.37. The van der Waals surface area contributed by atoms with Crippen LogP contribution in [-0.2, 0) is 4.79 Å². The predicted molar refractivity (Wildman–Crippen MR) is 74.1 cm³/mol. The van der Waals surface area contributed by atoms with Crippen molar-refractivity contribution >= 4 is 5.91 Å². The summed E-state index contributed by atoms with van der Waals surface area (Å²) in [5, 5.41) is 0. The van der Waals surface area contributed by atoms with E-state index in [2.05, 4.69) is 11.5 Å². The quantitative estimate of drug-likeness (QED) is 0.779. The zero-order valence-corrected chi connectivity index (χ0v) is 11.3. The van der Waals surface area contributed by atoms with Crippen LogP contribution < -0.4 is 5.73 Å². The standard InChI is InChI=1S/C15H26N2O/c1-2-7-13(16)15(18)17-11-6-10-14(17)12-8-4-3-5-9-12/h2,12-14H,1,3-11,16H2. The SMILES string of the molecule is C=CCC(N)C(=O)N1CCCC1C1CCCCC1. The van der Waals surface area contributed by atoms with Crippen molar-refractivity contribution in [3.63, 3.8) is 0 Å². The van der Waals surface area contributed by atoms with Gasteiger partial charge in [-0.3, -0.25) is 4.79 Å². The molecule has 1 aliphatic heterocycles. The molecule has 2 atom stereocenters. The second-order valence-corrected chi connectivity index (χ2v) is 5.77. The van der Waals surface area contributed by atoms with Gasteiger partial charge in [-0.1, -0.05) is 25.3 Å². The molecule has 0 radical (unpaired) electrons. The van der Waals surface area contributed by atoms with Gasteiger partial charge in [0.15, 0.2) is 0 Å². The summed E-state index contributed by atoms with van der Waals surface area (Å²) in [4.78, 5) is 14.4. The maximum absolute atomic E-state index is 12.3. The van der Waals surface area contributed by atoms with E-state index in [0.717, 1.165) is 18.9 Å². The molecule has 1 aliphatic carbocycles. The summed E-state index contributed by atoms with van der Waals surface area (Å²) in [5.41, 5.74) is 5.94. The Balaban J connectivity index is 1.97. The van der Waals surface area contributed by atoms with Crippen LogP contribution in [0.5, 0.6) is 0 Å². The minimum absolute atomic E-state index is 0.142. The summed E-state index contributed by atoms with van der Waals surface area (Å²) in [6, 6.07) is 0.0837. The first-order valence-electron chi connectivity index (χ1n) is 7.41. The minimum Gasteiger partial charge on any atom is -0.338 e. The zero-order chi connectivity index (χ0) is 13.0. The second-order valence-electron chi connectivity index (χ2n) is 5.77. The lowest BCUT2D eigenvalue weighted by molar-refractivity contribution is -0.134. The van der Waals surface area contributed by atoms with E-state index in [1.54, 1.807) is 6.08 Å². The molecule has 102 valence electrons. The van der Waals surface area contributed by atoms with E-state index < -0.39 is 0 Å². The number of hydrogen-bond donors (Lipinski definition) is 1. The molecule has 2 unspecified atom stereocenters. The Labute approximate surface area is 110 Å². The van der Waals surface area contributed by atoms with Gasteiger partial charge in [-0.25, -0.2) is 0 Å². The van der Waals surface area contributed by atoms with Gasteiger partial charge < -0.3 is 10.6 Å². The highest BCUT2D eigenvalue weighted by molar-refractivity contribution is 5.82. The molecule has 18 heavy (non-hydrogen) atoms. The topological polar surface area (TPSA) is 46.3 Å².